The number of nitro groups is 1. The van der Waals surface area contributed by atoms with Gasteiger partial charge in [0.1, 0.15) is 5.69 Å². The van der Waals surface area contributed by atoms with Crippen LogP contribution in [0.25, 0.3) is 0 Å². The summed E-state index contributed by atoms with van der Waals surface area (Å²) >= 11 is 0. The van der Waals surface area contributed by atoms with E-state index in [0.29, 0.717) is 5.69 Å². The van der Waals surface area contributed by atoms with Crippen LogP contribution in [-0.2, 0) is 0 Å². The number of anilines is 2. The Morgan fingerprint density at radius 3 is 2.35 bits per heavy atom. The van der Waals surface area contributed by atoms with Gasteiger partial charge in [-0.25, -0.2) is 0 Å². The largest absolute Gasteiger partial charge is 0.372 e. The maximum absolute atomic E-state index is 11.1. The number of nitrogens with one attached hydrogen (secondary N) is 1. The molecule has 0 spiro atoms. The zero-order valence-electron chi connectivity index (χ0n) is 15.0. The lowest BCUT2D eigenvalue weighted by molar-refractivity contribution is -0.384. The van der Waals surface area contributed by atoms with Crippen molar-refractivity contribution in [3.8, 4) is 0 Å². The molecule has 0 atom stereocenters. The first kappa shape index (κ1) is 17.9. The Morgan fingerprint density at radius 2 is 1.69 bits per heavy atom. The molecule has 1 N–H and O–H groups in total. The summed E-state index contributed by atoms with van der Waals surface area (Å²) in [5.41, 5.74) is 6.24. The van der Waals surface area contributed by atoms with Crippen molar-refractivity contribution in [3.05, 3.63) is 64.2 Å². The summed E-state index contributed by atoms with van der Waals surface area (Å²) < 4.78 is 0. The highest BCUT2D eigenvalue weighted by atomic mass is 16.6. The number of hydrazone groups is 1. The van der Waals surface area contributed by atoms with Crippen molar-refractivity contribution < 1.29 is 4.92 Å². The van der Waals surface area contributed by atoms with Gasteiger partial charge < -0.3 is 4.90 Å². The van der Waals surface area contributed by atoms with Crippen LogP contribution in [-0.4, -0.2) is 23.7 Å². The molecule has 0 bridgehead atoms. The molecule has 2 aromatic rings. The van der Waals surface area contributed by atoms with Gasteiger partial charge in [0.05, 0.1) is 10.6 Å². The van der Waals surface area contributed by atoms with Crippen LogP contribution >= 0.6 is 0 Å². The van der Waals surface area contributed by atoms with E-state index < -0.39 is 4.92 Å². The lowest BCUT2D eigenvalue weighted by Crippen LogP contribution is -2.23. The lowest BCUT2D eigenvalue weighted by atomic mass is 10.1. The van der Waals surface area contributed by atoms with Crippen LogP contribution in [0.5, 0.6) is 0 Å². The average Bonchev–Trinajstić information content (AvgIpc) is 2.96. The van der Waals surface area contributed by atoms with Crippen LogP contribution in [0, 0.1) is 10.1 Å². The Labute approximate surface area is 153 Å². The molecule has 6 heteroatoms. The molecule has 0 saturated carbocycles. The van der Waals surface area contributed by atoms with Crippen LogP contribution in [0.4, 0.5) is 17.1 Å². The number of hydrogen-bond donors (Lipinski definition) is 1. The van der Waals surface area contributed by atoms with E-state index in [1.54, 1.807) is 18.2 Å². The third-order valence-corrected chi connectivity index (χ3v) is 4.70. The standard InChI is InChI=1S/C20H24N4O2/c1-16(21-22-19-8-4-5-9-20(19)24(25)26)17-10-12-18(13-11-17)23-14-6-2-3-7-15-23/h4-5,8-13,22H,2-3,6-7,14-15H2,1H3/b21-16-. The molecule has 0 aliphatic carbocycles. The maximum atomic E-state index is 11.1. The van der Waals surface area contributed by atoms with Gasteiger partial charge in [-0.2, -0.15) is 5.10 Å². The first-order chi connectivity index (χ1) is 12.6. The van der Waals surface area contributed by atoms with Crippen molar-refractivity contribution in [1.82, 2.24) is 0 Å². The molecule has 1 fully saturated rings. The molecule has 3 rings (SSSR count). The molecule has 0 radical (unpaired) electrons. The van der Waals surface area contributed by atoms with Crippen molar-refractivity contribution in [2.45, 2.75) is 32.6 Å². The zero-order chi connectivity index (χ0) is 18.4. The van der Waals surface area contributed by atoms with Crippen molar-refractivity contribution >= 4 is 22.8 Å². The molecule has 1 aliphatic heterocycles. The summed E-state index contributed by atoms with van der Waals surface area (Å²) in [7, 11) is 0. The van der Waals surface area contributed by atoms with Crippen molar-refractivity contribution in [1.29, 1.82) is 0 Å². The topological polar surface area (TPSA) is 70.8 Å². The Bertz CT molecular complexity index is 779. The minimum absolute atomic E-state index is 0.0144. The molecule has 1 heterocycles. The number of benzene rings is 2. The zero-order valence-corrected chi connectivity index (χ0v) is 15.0. The Kier molecular flexibility index (Phi) is 5.84. The van der Waals surface area contributed by atoms with Gasteiger partial charge in [-0.15, -0.1) is 0 Å². The number of hydrogen-bond acceptors (Lipinski definition) is 5. The molecule has 1 saturated heterocycles. The SMILES string of the molecule is C/C(=N/Nc1ccccc1[N+](=O)[O-])c1ccc(N2CCCCCC2)cc1. The van der Waals surface area contributed by atoms with Gasteiger partial charge in [-0.1, -0.05) is 37.1 Å². The Balaban J connectivity index is 1.70. The van der Waals surface area contributed by atoms with Crippen LogP contribution < -0.4 is 10.3 Å². The average molecular weight is 352 g/mol. The summed E-state index contributed by atoms with van der Waals surface area (Å²) in [4.78, 5) is 13.1. The third-order valence-electron chi connectivity index (χ3n) is 4.70. The van der Waals surface area contributed by atoms with Crippen molar-refractivity contribution in [3.63, 3.8) is 0 Å². The normalized spacial score (nSPS) is 15.4. The van der Waals surface area contributed by atoms with E-state index in [9.17, 15) is 10.1 Å². The van der Waals surface area contributed by atoms with Crippen molar-refractivity contribution in [2.24, 2.45) is 5.10 Å². The van der Waals surface area contributed by atoms with E-state index in [2.05, 4.69) is 39.7 Å². The molecular formula is C20H24N4O2. The molecule has 0 unspecified atom stereocenters. The summed E-state index contributed by atoms with van der Waals surface area (Å²) in [5, 5.41) is 15.4. The molecular weight excluding hydrogens is 328 g/mol. The quantitative estimate of drug-likeness (QED) is 0.476. The minimum atomic E-state index is -0.414. The molecule has 136 valence electrons. The van der Waals surface area contributed by atoms with Gasteiger partial charge in [0.25, 0.3) is 5.69 Å². The molecule has 2 aromatic carbocycles. The lowest BCUT2D eigenvalue weighted by Gasteiger charge is -2.22. The fourth-order valence-corrected chi connectivity index (χ4v) is 3.18. The second-order valence-corrected chi connectivity index (χ2v) is 6.53. The predicted molar refractivity (Wildman–Crippen MR) is 106 cm³/mol. The summed E-state index contributed by atoms with van der Waals surface area (Å²) in [6.07, 6.45) is 5.14. The van der Waals surface area contributed by atoms with Gasteiger partial charge >= 0.3 is 0 Å². The van der Waals surface area contributed by atoms with E-state index in [4.69, 9.17) is 0 Å². The highest BCUT2D eigenvalue weighted by Crippen LogP contribution is 2.24. The van der Waals surface area contributed by atoms with Crippen LogP contribution in [0.1, 0.15) is 38.2 Å². The maximum Gasteiger partial charge on any atom is 0.294 e. The van der Waals surface area contributed by atoms with E-state index in [1.807, 2.05) is 6.92 Å². The van der Waals surface area contributed by atoms with Gasteiger partial charge in [0.15, 0.2) is 0 Å². The summed E-state index contributed by atoms with van der Waals surface area (Å²) in [6, 6.07) is 14.9. The highest BCUT2D eigenvalue weighted by molar-refractivity contribution is 5.99. The molecule has 0 amide bonds. The summed E-state index contributed by atoms with van der Waals surface area (Å²) in [6.45, 7) is 4.13. The molecule has 26 heavy (non-hydrogen) atoms. The van der Waals surface area contributed by atoms with E-state index in [-0.39, 0.29) is 5.69 Å². The smallest absolute Gasteiger partial charge is 0.294 e. The number of nitro benzene ring substituents is 1. The first-order valence-electron chi connectivity index (χ1n) is 9.04. The number of rotatable bonds is 5. The third kappa shape index (κ3) is 4.39. The number of nitrogens with zero attached hydrogens (tertiary/aromatic N) is 3. The fraction of sp³-hybridized carbons (Fsp3) is 0.350. The van der Waals surface area contributed by atoms with Gasteiger partial charge in [0.2, 0.25) is 0 Å². The minimum Gasteiger partial charge on any atom is -0.372 e. The summed E-state index contributed by atoms with van der Waals surface area (Å²) in [5.74, 6) is 0. The van der Waals surface area contributed by atoms with E-state index in [0.717, 1.165) is 24.4 Å². The molecule has 6 nitrogen and oxygen atoms in total. The van der Waals surface area contributed by atoms with E-state index >= 15 is 0 Å². The second kappa shape index (κ2) is 8.47. The van der Waals surface area contributed by atoms with Gasteiger partial charge in [0, 0.05) is 24.8 Å². The van der Waals surface area contributed by atoms with Gasteiger partial charge in [-0.3, -0.25) is 15.5 Å². The van der Waals surface area contributed by atoms with Crippen molar-refractivity contribution in [2.75, 3.05) is 23.4 Å². The highest BCUT2D eigenvalue weighted by Gasteiger charge is 2.12. The first-order valence-corrected chi connectivity index (χ1v) is 9.04. The second-order valence-electron chi connectivity index (χ2n) is 6.53. The van der Waals surface area contributed by atoms with Crippen LogP contribution in [0.2, 0.25) is 0 Å². The fourth-order valence-electron chi connectivity index (χ4n) is 3.18. The molecule has 1 aliphatic rings. The Hall–Kier alpha value is -2.89. The Morgan fingerprint density at radius 1 is 1.04 bits per heavy atom. The van der Waals surface area contributed by atoms with Gasteiger partial charge in [-0.05, 0) is 43.5 Å². The predicted octanol–water partition coefficient (Wildman–Crippen LogP) is 4.81. The van der Waals surface area contributed by atoms with Crippen LogP contribution in [0.15, 0.2) is 53.6 Å². The monoisotopic (exact) mass is 352 g/mol. The van der Waals surface area contributed by atoms with E-state index in [1.165, 1.54) is 37.4 Å². The van der Waals surface area contributed by atoms with Crippen LogP contribution in [0.3, 0.4) is 0 Å². The molecule has 0 aromatic heterocycles. The number of para-hydroxylation sites is 2.